The van der Waals surface area contributed by atoms with Crippen LogP contribution in [-0.2, 0) is 0 Å². The van der Waals surface area contributed by atoms with E-state index < -0.39 is 5.97 Å². The van der Waals surface area contributed by atoms with Gasteiger partial charge in [-0.2, -0.15) is 0 Å². The summed E-state index contributed by atoms with van der Waals surface area (Å²) >= 11 is 0. The second-order valence-electron chi connectivity index (χ2n) is 3.92. The van der Waals surface area contributed by atoms with E-state index in [9.17, 15) is 4.79 Å². The molecule has 0 bridgehead atoms. The van der Waals surface area contributed by atoms with Gasteiger partial charge in [-0.1, -0.05) is 0 Å². The van der Waals surface area contributed by atoms with Crippen LogP contribution in [0.1, 0.15) is 15.9 Å². The van der Waals surface area contributed by atoms with E-state index in [-0.39, 0.29) is 11.3 Å². The molecule has 0 saturated carbocycles. The van der Waals surface area contributed by atoms with E-state index in [1.807, 2.05) is 13.0 Å². The van der Waals surface area contributed by atoms with Crippen molar-refractivity contribution < 1.29 is 9.90 Å². The highest BCUT2D eigenvalue weighted by atomic mass is 16.4. The number of carboxylic acids is 1. The first-order chi connectivity index (χ1) is 8.58. The minimum atomic E-state index is -1.04. The molecular formula is C13H13N3O2. The van der Waals surface area contributed by atoms with Crippen LogP contribution in [0.4, 0.5) is 17.1 Å². The predicted molar refractivity (Wildman–Crippen MR) is 70.1 cm³/mol. The predicted octanol–water partition coefficient (Wildman–Crippen LogP) is 2.41. The number of nitrogens with two attached hydrogens (primary N) is 1. The SMILES string of the molecule is Cc1ccncc1Nc1ccc(N)c(C(=O)O)c1. The van der Waals surface area contributed by atoms with E-state index in [0.717, 1.165) is 11.3 Å². The zero-order valence-corrected chi connectivity index (χ0v) is 9.84. The quantitative estimate of drug-likeness (QED) is 0.720. The molecule has 0 aliphatic carbocycles. The molecule has 0 aliphatic rings. The van der Waals surface area contributed by atoms with Crippen molar-refractivity contribution in [1.82, 2.24) is 4.98 Å². The van der Waals surface area contributed by atoms with Gasteiger partial charge in [0.25, 0.3) is 0 Å². The second-order valence-corrected chi connectivity index (χ2v) is 3.92. The zero-order chi connectivity index (χ0) is 13.1. The van der Waals surface area contributed by atoms with Crippen LogP contribution in [0.2, 0.25) is 0 Å². The van der Waals surface area contributed by atoms with Crippen molar-refractivity contribution in [3.8, 4) is 0 Å². The molecule has 0 radical (unpaired) electrons. The summed E-state index contributed by atoms with van der Waals surface area (Å²) in [5.74, 6) is -1.04. The highest BCUT2D eigenvalue weighted by Gasteiger charge is 2.09. The molecule has 0 spiro atoms. The van der Waals surface area contributed by atoms with Crippen LogP contribution in [0.3, 0.4) is 0 Å². The molecule has 5 heteroatoms. The van der Waals surface area contributed by atoms with Gasteiger partial charge in [-0.3, -0.25) is 4.98 Å². The van der Waals surface area contributed by atoms with Crippen molar-refractivity contribution >= 4 is 23.0 Å². The monoisotopic (exact) mass is 243 g/mol. The number of nitrogens with one attached hydrogen (secondary N) is 1. The number of nitrogen functional groups attached to an aromatic ring is 1. The molecule has 5 nitrogen and oxygen atoms in total. The van der Waals surface area contributed by atoms with Crippen LogP contribution in [0.25, 0.3) is 0 Å². The first-order valence-electron chi connectivity index (χ1n) is 5.38. The topological polar surface area (TPSA) is 88.2 Å². The number of aryl methyl sites for hydroxylation is 1. The molecule has 1 aromatic heterocycles. The summed E-state index contributed by atoms with van der Waals surface area (Å²) in [6, 6.07) is 6.67. The third-order valence-electron chi connectivity index (χ3n) is 2.60. The fourth-order valence-electron chi connectivity index (χ4n) is 1.57. The van der Waals surface area contributed by atoms with Gasteiger partial charge in [-0.15, -0.1) is 0 Å². The molecule has 4 N–H and O–H groups in total. The third kappa shape index (κ3) is 2.40. The van der Waals surface area contributed by atoms with Crippen molar-refractivity contribution in [2.24, 2.45) is 0 Å². The highest BCUT2D eigenvalue weighted by Crippen LogP contribution is 2.23. The number of carboxylic acid groups (broad SMARTS) is 1. The molecule has 2 aromatic rings. The summed E-state index contributed by atoms with van der Waals surface area (Å²) in [6.45, 7) is 1.94. The smallest absolute Gasteiger partial charge is 0.337 e. The average molecular weight is 243 g/mol. The van der Waals surface area contributed by atoms with Crippen molar-refractivity contribution in [1.29, 1.82) is 0 Å². The largest absolute Gasteiger partial charge is 0.478 e. The Morgan fingerprint density at radius 1 is 1.39 bits per heavy atom. The van der Waals surface area contributed by atoms with E-state index in [2.05, 4.69) is 10.3 Å². The Morgan fingerprint density at radius 2 is 2.17 bits per heavy atom. The van der Waals surface area contributed by atoms with Crippen molar-refractivity contribution in [3.63, 3.8) is 0 Å². The van der Waals surface area contributed by atoms with Gasteiger partial charge in [0.2, 0.25) is 0 Å². The molecular weight excluding hydrogens is 230 g/mol. The lowest BCUT2D eigenvalue weighted by atomic mass is 10.1. The van der Waals surface area contributed by atoms with Crippen LogP contribution in [0.5, 0.6) is 0 Å². The number of hydrogen-bond donors (Lipinski definition) is 3. The lowest BCUT2D eigenvalue weighted by Gasteiger charge is -2.10. The average Bonchev–Trinajstić information content (AvgIpc) is 2.34. The molecule has 0 atom stereocenters. The number of carbonyl (C=O) groups is 1. The minimum absolute atomic E-state index is 0.0848. The number of nitrogens with zero attached hydrogens (tertiary/aromatic N) is 1. The van der Waals surface area contributed by atoms with Crippen molar-refractivity contribution in [3.05, 3.63) is 47.8 Å². The van der Waals surface area contributed by atoms with E-state index >= 15 is 0 Å². The Bertz CT molecular complexity index is 597. The summed E-state index contributed by atoms with van der Waals surface area (Å²) in [4.78, 5) is 15.0. The van der Waals surface area contributed by atoms with Gasteiger partial charge < -0.3 is 16.2 Å². The number of hydrogen-bond acceptors (Lipinski definition) is 4. The maximum absolute atomic E-state index is 11.0. The van der Waals surface area contributed by atoms with E-state index in [0.29, 0.717) is 5.69 Å². The summed E-state index contributed by atoms with van der Waals surface area (Å²) < 4.78 is 0. The van der Waals surface area contributed by atoms with Crippen molar-refractivity contribution in [2.75, 3.05) is 11.1 Å². The number of benzene rings is 1. The van der Waals surface area contributed by atoms with Crippen LogP contribution < -0.4 is 11.1 Å². The number of anilines is 3. The van der Waals surface area contributed by atoms with Gasteiger partial charge in [0.05, 0.1) is 17.4 Å². The van der Waals surface area contributed by atoms with Crippen molar-refractivity contribution in [2.45, 2.75) is 6.92 Å². The number of rotatable bonds is 3. The first kappa shape index (κ1) is 11.9. The molecule has 0 fully saturated rings. The van der Waals surface area contributed by atoms with E-state index in [4.69, 9.17) is 10.8 Å². The highest BCUT2D eigenvalue weighted by molar-refractivity contribution is 5.95. The van der Waals surface area contributed by atoms with Gasteiger partial charge in [-0.05, 0) is 36.8 Å². The van der Waals surface area contributed by atoms with Gasteiger partial charge in [-0.25, -0.2) is 4.79 Å². The molecule has 2 rings (SSSR count). The van der Waals surface area contributed by atoms with Crippen LogP contribution in [0.15, 0.2) is 36.7 Å². The Hall–Kier alpha value is -2.56. The molecule has 1 aromatic carbocycles. The molecule has 0 unspecified atom stereocenters. The normalized spacial score (nSPS) is 10.1. The van der Waals surface area contributed by atoms with Gasteiger partial charge >= 0.3 is 5.97 Å². The standard InChI is InChI=1S/C13H13N3O2/c1-8-4-5-15-7-12(8)16-9-2-3-11(14)10(6-9)13(17)18/h2-7,16H,14H2,1H3,(H,17,18). The van der Waals surface area contributed by atoms with E-state index in [1.54, 1.807) is 24.5 Å². The Kier molecular flexibility index (Phi) is 3.14. The molecule has 18 heavy (non-hydrogen) atoms. The summed E-state index contributed by atoms with van der Waals surface area (Å²) in [6.07, 6.45) is 3.39. The Morgan fingerprint density at radius 3 is 2.83 bits per heavy atom. The summed E-state index contributed by atoms with van der Waals surface area (Å²) in [7, 11) is 0. The maximum Gasteiger partial charge on any atom is 0.337 e. The van der Waals surface area contributed by atoms with Crippen LogP contribution in [-0.4, -0.2) is 16.1 Å². The molecule has 0 amide bonds. The maximum atomic E-state index is 11.0. The lowest BCUT2D eigenvalue weighted by Crippen LogP contribution is -2.03. The molecule has 0 aliphatic heterocycles. The molecule has 1 heterocycles. The number of pyridine rings is 1. The van der Waals surface area contributed by atoms with Gasteiger partial charge in [0.15, 0.2) is 0 Å². The fourth-order valence-corrected chi connectivity index (χ4v) is 1.57. The number of aromatic carboxylic acids is 1. The van der Waals surface area contributed by atoms with Gasteiger partial charge in [0.1, 0.15) is 0 Å². The Balaban J connectivity index is 2.33. The lowest BCUT2D eigenvalue weighted by molar-refractivity contribution is 0.0698. The van der Waals surface area contributed by atoms with Crippen LogP contribution in [0, 0.1) is 6.92 Å². The molecule has 0 saturated heterocycles. The van der Waals surface area contributed by atoms with E-state index in [1.165, 1.54) is 6.07 Å². The Labute approximate surface area is 104 Å². The van der Waals surface area contributed by atoms with Crippen LogP contribution >= 0.6 is 0 Å². The minimum Gasteiger partial charge on any atom is -0.478 e. The van der Waals surface area contributed by atoms with Gasteiger partial charge in [0, 0.05) is 17.6 Å². The zero-order valence-electron chi connectivity index (χ0n) is 9.84. The fraction of sp³-hybridized carbons (Fsp3) is 0.0769. The number of aromatic nitrogens is 1. The molecule has 92 valence electrons. The first-order valence-corrected chi connectivity index (χ1v) is 5.38. The summed E-state index contributed by atoms with van der Waals surface area (Å²) in [5, 5.41) is 12.1. The third-order valence-corrected chi connectivity index (χ3v) is 2.60. The summed E-state index contributed by atoms with van der Waals surface area (Å²) in [5.41, 5.74) is 8.45. The second kappa shape index (κ2) is 4.75.